The quantitative estimate of drug-likeness (QED) is 0.798. The van der Waals surface area contributed by atoms with Gasteiger partial charge in [0.25, 0.3) is 0 Å². The molecule has 0 saturated heterocycles. The van der Waals surface area contributed by atoms with E-state index in [0.29, 0.717) is 6.54 Å². The van der Waals surface area contributed by atoms with Gasteiger partial charge in [0.15, 0.2) is 11.5 Å². The van der Waals surface area contributed by atoms with E-state index in [1.54, 1.807) is 6.20 Å². The van der Waals surface area contributed by atoms with E-state index in [0.717, 1.165) is 33.9 Å². The van der Waals surface area contributed by atoms with Crippen LogP contribution in [0.2, 0.25) is 0 Å². The van der Waals surface area contributed by atoms with E-state index in [-0.39, 0.29) is 6.79 Å². The Labute approximate surface area is 121 Å². The van der Waals surface area contributed by atoms with Gasteiger partial charge in [-0.2, -0.15) is 0 Å². The van der Waals surface area contributed by atoms with Crippen LogP contribution in [-0.4, -0.2) is 16.8 Å². The molecule has 0 radical (unpaired) electrons. The van der Waals surface area contributed by atoms with Gasteiger partial charge in [0, 0.05) is 11.8 Å². The molecule has 4 rings (SSSR count). The van der Waals surface area contributed by atoms with Gasteiger partial charge in [-0.1, -0.05) is 12.1 Å². The Balaban J connectivity index is 1.52. The number of ether oxygens (including phenoxy) is 2. The lowest BCUT2D eigenvalue weighted by Crippen LogP contribution is -2.02. The summed E-state index contributed by atoms with van der Waals surface area (Å²) in [4.78, 5) is 8.99. The molecular weight excluding hydrogens is 266 g/mol. The Bertz CT molecular complexity index is 804. The third-order valence-electron chi connectivity index (χ3n) is 3.34. The lowest BCUT2D eigenvalue weighted by molar-refractivity contribution is 0.174. The highest BCUT2D eigenvalue weighted by Gasteiger charge is 2.13. The Morgan fingerprint density at radius 3 is 2.81 bits per heavy atom. The number of nitrogens with one attached hydrogen (secondary N) is 1. The van der Waals surface area contributed by atoms with Crippen molar-refractivity contribution >= 4 is 16.7 Å². The number of para-hydroxylation sites is 2. The van der Waals surface area contributed by atoms with Crippen LogP contribution >= 0.6 is 0 Å². The van der Waals surface area contributed by atoms with Crippen LogP contribution in [0.1, 0.15) is 5.69 Å². The van der Waals surface area contributed by atoms with E-state index in [1.165, 1.54) is 0 Å². The fourth-order valence-electron chi connectivity index (χ4n) is 2.28. The van der Waals surface area contributed by atoms with Gasteiger partial charge in [-0.05, 0) is 24.3 Å². The molecule has 5 nitrogen and oxygen atoms in total. The molecule has 1 aromatic heterocycles. The summed E-state index contributed by atoms with van der Waals surface area (Å²) in [5.41, 5.74) is 3.67. The van der Waals surface area contributed by atoms with Crippen molar-refractivity contribution in [2.45, 2.75) is 6.54 Å². The average molecular weight is 279 g/mol. The minimum Gasteiger partial charge on any atom is -0.454 e. The summed E-state index contributed by atoms with van der Waals surface area (Å²) in [6.45, 7) is 0.895. The molecule has 1 aliphatic heterocycles. The standard InChI is InChI=1S/C16H13N3O2/c1-2-4-14-13(3-1)18-9-12(19-14)8-17-11-5-6-15-16(7-11)21-10-20-15/h1-7,9,17H,8,10H2. The van der Waals surface area contributed by atoms with Gasteiger partial charge in [-0.3, -0.25) is 4.98 Å². The monoisotopic (exact) mass is 279 g/mol. The molecule has 104 valence electrons. The number of aromatic nitrogens is 2. The fraction of sp³-hybridized carbons (Fsp3) is 0.125. The van der Waals surface area contributed by atoms with Crippen LogP contribution in [0.15, 0.2) is 48.7 Å². The zero-order valence-corrected chi connectivity index (χ0v) is 11.2. The van der Waals surface area contributed by atoms with Crippen LogP contribution in [0.3, 0.4) is 0 Å². The number of nitrogens with zero attached hydrogens (tertiary/aromatic N) is 2. The van der Waals surface area contributed by atoms with Gasteiger partial charge in [0.05, 0.1) is 29.5 Å². The summed E-state index contributed by atoms with van der Waals surface area (Å²) in [5, 5.41) is 3.32. The Kier molecular flexibility index (Phi) is 2.81. The SMILES string of the molecule is c1ccc2nc(CNc3ccc4c(c3)OCO4)cnc2c1. The third-order valence-corrected chi connectivity index (χ3v) is 3.34. The third kappa shape index (κ3) is 2.33. The number of hydrogen-bond acceptors (Lipinski definition) is 5. The van der Waals surface area contributed by atoms with Crippen LogP contribution in [0.4, 0.5) is 5.69 Å². The minimum absolute atomic E-state index is 0.287. The largest absolute Gasteiger partial charge is 0.454 e. The highest BCUT2D eigenvalue weighted by atomic mass is 16.7. The zero-order chi connectivity index (χ0) is 14.1. The van der Waals surface area contributed by atoms with Crippen LogP contribution in [0.25, 0.3) is 11.0 Å². The van der Waals surface area contributed by atoms with E-state index >= 15 is 0 Å². The maximum Gasteiger partial charge on any atom is 0.231 e. The number of hydrogen-bond donors (Lipinski definition) is 1. The molecule has 2 aromatic carbocycles. The number of rotatable bonds is 3. The first-order chi connectivity index (χ1) is 10.4. The molecule has 1 N–H and O–H groups in total. The predicted octanol–water partition coefficient (Wildman–Crippen LogP) is 2.97. The molecule has 0 fully saturated rings. The molecule has 0 amide bonds. The van der Waals surface area contributed by atoms with E-state index in [1.807, 2.05) is 42.5 Å². The molecule has 2 heterocycles. The van der Waals surface area contributed by atoms with Crippen molar-refractivity contribution in [3.05, 3.63) is 54.4 Å². The second kappa shape index (κ2) is 4.94. The lowest BCUT2D eigenvalue weighted by atomic mass is 10.2. The molecule has 0 atom stereocenters. The predicted molar refractivity (Wildman–Crippen MR) is 79.4 cm³/mol. The zero-order valence-electron chi connectivity index (χ0n) is 11.2. The van der Waals surface area contributed by atoms with Crippen molar-refractivity contribution in [3.63, 3.8) is 0 Å². The van der Waals surface area contributed by atoms with Crippen molar-refractivity contribution in [2.75, 3.05) is 12.1 Å². The first-order valence-electron chi connectivity index (χ1n) is 6.73. The van der Waals surface area contributed by atoms with Crippen molar-refractivity contribution < 1.29 is 9.47 Å². The lowest BCUT2D eigenvalue weighted by Gasteiger charge is -2.07. The van der Waals surface area contributed by atoms with Gasteiger partial charge in [-0.25, -0.2) is 4.98 Å². The van der Waals surface area contributed by atoms with Gasteiger partial charge in [0.1, 0.15) is 0 Å². The Morgan fingerprint density at radius 2 is 1.86 bits per heavy atom. The van der Waals surface area contributed by atoms with Gasteiger partial charge < -0.3 is 14.8 Å². The van der Waals surface area contributed by atoms with E-state index < -0.39 is 0 Å². The van der Waals surface area contributed by atoms with Crippen LogP contribution in [0, 0.1) is 0 Å². The molecule has 3 aromatic rings. The topological polar surface area (TPSA) is 56.3 Å². The van der Waals surface area contributed by atoms with Gasteiger partial charge in [-0.15, -0.1) is 0 Å². The first-order valence-corrected chi connectivity index (χ1v) is 6.73. The summed E-state index contributed by atoms with van der Waals surface area (Å²) < 4.78 is 10.7. The Morgan fingerprint density at radius 1 is 1.00 bits per heavy atom. The van der Waals surface area contributed by atoms with Crippen molar-refractivity contribution in [2.24, 2.45) is 0 Å². The van der Waals surface area contributed by atoms with Gasteiger partial charge in [0.2, 0.25) is 6.79 Å². The maximum atomic E-state index is 5.36. The van der Waals surface area contributed by atoms with Crippen LogP contribution in [0.5, 0.6) is 11.5 Å². The van der Waals surface area contributed by atoms with Crippen molar-refractivity contribution in [1.82, 2.24) is 9.97 Å². The second-order valence-electron chi connectivity index (χ2n) is 4.77. The molecule has 0 bridgehead atoms. The Hall–Kier alpha value is -2.82. The summed E-state index contributed by atoms with van der Waals surface area (Å²) in [7, 11) is 0. The van der Waals surface area contributed by atoms with Crippen LogP contribution in [-0.2, 0) is 6.54 Å². The normalized spacial score (nSPS) is 12.6. The van der Waals surface area contributed by atoms with E-state index in [4.69, 9.17) is 9.47 Å². The van der Waals surface area contributed by atoms with Crippen molar-refractivity contribution in [3.8, 4) is 11.5 Å². The summed E-state index contributed by atoms with van der Waals surface area (Å²) in [5.74, 6) is 1.55. The highest BCUT2D eigenvalue weighted by molar-refractivity contribution is 5.73. The minimum atomic E-state index is 0.287. The molecule has 0 aliphatic carbocycles. The average Bonchev–Trinajstić information content (AvgIpc) is 3.00. The molecule has 0 saturated carbocycles. The van der Waals surface area contributed by atoms with Crippen molar-refractivity contribution in [1.29, 1.82) is 0 Å². The van der Waals surface area contributed by atoms with Crippen LogP contribution < -0.4 is 14.8 Å². The van der Waals surface area contributed by atoms with E-state index in [9.17, 15) is 0 Å². The number of fused-ring (bicyclic) bond motifs is 2. The van der Waals surface area contributed by atoms with E-state index in [2.05, 4.69) is 15.3 Å². The second-order valence-corrected chi connectivity index (χ2v) is 4.77. The summed E-state index contributed by atoms with van der Waals surface area (Å²) in [6.07, 6.45) is 1.79. The highest BCUT2D eigenvalue weighted by Crippen LogP contribution is 2.34. The summed E-state index contributed by atoms with van der Waals surface area (Å²) in [6, 6.07) is 13.6. The molecular formula is C16H13N3O2. The molecule has 1 aliphatic rings. The molecule has 0 unspecified atom stereocenters. The first kappa shape index (κ1) is 12.0. The number of benzene rings is 2. The fourth-order valence-corrected chi connectivity index (χ4v) is 2.28. The smallest absolute Gasteiger partial charge is 0.231 e. The molecule has 5 heteroatoms. The molecule has 21 heavy (non-hydrogen) atoms. The molecule has 0 spiro atoms. The van der Waals surface area contributed by atoms with Gasteiger partial charge >= 0.3 is 0 Å². The number of anilines is 1. The maximum absolute atomic E-state index is 5.36. The summed E-state index contributed by atoms with van der Waals surface area (Å²) >= 11 is 0.